The van der Waals surface area contributed by atoms with Crippen LogP contribution in [-0.4, -0.2) is 30.4 Å². The summed E-state index contributed by atoms with van der Waals surface area (Å²) in [5, 5.41) is 11.6. The Morgan fingerprint density at radius 3 is 2.81 bits per heavy atom. The summed E-state index contributed by atoms with van der Waals surface area (Å²) >= 11 is 0. The fourth-order valence-corrected chi connectivity index (χ4v) is 2.76. The van der Waals surface area contributed by atoms with E-state index in [0.717, 1.165) is 24.6 Å². The van der Waals surface area contributed by atoms with E-state index >= 15 is 0 Å². The third kappa shape index (κ3) is 4.87. The summed E-state index contributed by atoms with van der Waals surface area (Å²) in [7, 11) is 0. The van der Waals surface area contributed by atoms with Gasteiger partial charge in [0, 0.05) is 18.7 Å². The summed E-state index contributed by atoms with van der Waals surface area (Å²) in [4.78, 5) is 14.3. The first-order chi connectivity index (χ1) is 10.2. The fraction of sp³-hybridized carbons (Fsp3) is 0.529. The van der Waals surface area contributed by atoms with Gasteiger partial charge in [-0.1, -0.05) is 13.3 Å². The van der Waals surface area contributed by atoms with Crippen LogP contribution in [0.4, 0.5) is 5.69 Å². The lowest BCUT2D eigenvalue weighted by atomic mass is 10.1. The summed E-state index contributed by atoms with van der Waals surface area (Å²) in [6.45, 7) is 5.62. The van der Waals surface area contributed by atoms with E-state index in [9.17, 15) is 4.79 Å². The zero-order valence-electron chi connectivity index (χ0n) is 12.6. The number of nitrogens with zero attached hydrogens (tertiary/aromatic N) is 2. The average molecular weight is 285 g/mol. The quantitative estimate of drug-likeness (QED) is 0.874. The smallest absolute Gasteiger partial charge is 0.224 e. The van der Waals surface area contributed by atoms with Gasteiger partial charge in [0.15, 0.2) is 0 Å². The molecule has 1 N–H and O–H groups in total. The molecule has 112 valence electrons. The van der Waals surface area contributed by atoms with Crippen LogP contribution in [0, 0.1) is 17.2 Å². The maximum Gasteiger partial charge on any atom is 0.224 e. The predicted molar refractivity (Wildman–Crippen MR) is 83.9 cm³/mol. The van der Waals surface area contributed by atoms with E-state index in [1.807, 2.05) is 0 Å². The van der Waals surface area contributed by atoms with Crippen LogP contribution in [0.3, 0.4) is 0 Å². The second kappa shape index (κ2) is 7.80. The highest BCUT2D eigenvalue weighted by Crippen LogP contribution is 2.19. The Morgan fingerprint density at radius 1 is 1.43 bits per heavy atom. The largest absolute Gasteiger partial charge is 0.326 e. The van der Waals surface area contributed by atoms with E-state index in [-0.39, 0.29) is 5.91 Å². The number of anilines is 1. The summed E-state index contributed by atoms with van der Waals surface area (Å²) in [6, 6.07) is 9.02. The number of hydrogen-bond donors (Lipinski definition) is 1. The monoisotopic (exact) mass is 285 g/mol. The predicted octanol–water partition coefficient (Wildman–Crippen LogP) is 3.01. The van der Waals surface area contributed by atoms with Gasteiger partial charge in [0.25, 0.3) is 0 Å². The molecule has 1 fully saturated rings. The van der Waals surface area contributed by atoms with Gasteiger partial charge in [-0.25, -0.2) is 0 Å². The van der Waals surface area contributed by atoms with Gasteiger partial charge in [-0.3, -0.25) is 4.79 Å². The Balaban J connectivity index is 1.66. The normalized spacial score (nSPS) is 18.4. The van der Waals surface area contributed by atoms with Crippen molar-refractivity contribution in [2.45, 2.75) is 32.6 Å². The highest BCUT2D eigenvalue weighted by Gasteiger charge is 2.20. The molecule has 1 aliphatic rings. The van der Waals surface area contributed by atoms with E-state index in [2.05, 4.69) is 23.2 Å². The van der Waals surface area contributed by atoms with Gasteiger partial charge in [-0.05, 0) is 56.1 Å². The zero-order valence-corrected chi connectivity index (χ0v) is 12.6. The Bertz CT molecular complexity index is 504. The molecule has 1 unspecified atom stereocenters. The van der Waals surface area contributed by atoms with Crippen LogP contribution in [0.15, 0.2) is 24.3 Å². The Morgan fingerprint density at radius 2 is 2.19 bits per heavy atom. The molecule has 1 aromatic rings. The van der Waals surface area contributed by atoms with Gasteiger partial charge in [-0.15, -0.1) is 0 Å². The Kier molecular flexibility index (Phi) is 5.77. The van der Waals surface area contributed by atoms with Gasteiger partial charge in [0.1, 0.15) is 0 Å². The van der Waals surface area contributed by atoms with Gasteiger partial charge < -0.3 is 10.2 Å². The minimum Gasteiger partial charge on any atom is -0.326 e. The second-order valence-electron chi connectivity index (χ2n) is 5.70. The van der Waals surface area contributed by atoms with Crippen LogP contribution in [0.1, 0.15) is 38.2 Å². The van der Waals surface area contributed by atoms with Crippen LogP contribution < -0.4 is 5.32 Å². The molecule has 0 spiro atoms. The second-order valence-corrected chi connectivity index (χ2v) is 5.70. The van der Waals surface area contributed by atoms with E-state index in [1.54, 1.807) is 24.3 Å². The third-order valence-electron chi connectivity index (χ3n) is 4.12. The highest BCUT2D eigenvalue weighted by atomic mass is 16.1. The number of rotatable bonds is 6. The maximum atomic E-state index is 11.9. The molecular formula is C17H23N3O. The molecule has 21 heavy (non-hydrogen) atoms. The Hall–Kier alpha value is -1.86. The van der Waals surface area contributed by atoms with Crippen LogP contribution in [0.25, 0.3) is 0 Å². The number of nitrogens with one attached hydrogen (secondary N) is 1. The molecule has 4 nitrogen and oxygen atoms in total. The summed E-state index contributed by atoms with van der Waals surface area (Å²) in [6.07, 6.45) is 4.01. The van der Waals surface area contributed by atoms with Gasteiger partial charge in [0.05, 0.1) is 11.6 Å². The molecule has 1 atom stereocenters. The summed E-state index contributed by atoms with van der Waals surface area (Å²) < 4.78 is 0. The molecule has 0 bridgehead atoms. The van der Waals surface area contributed by atoms with Gasteiger partial charge in [-0.2, -0.15) is 5.26 Å². The van der Waals surface area contributed by atoms with Crippen LogP contribution in [0.2, 0.25) is 0 Å². The van der Waals surface area contributed by atoms with Crippen LogP contribution >= 0.6 is 0 Å². The molecule has 0 radical (unpaired) electrons. The first kappa shape index (κ1) is 15.5. The van der Waals surface area contributed by atoms with E-state index in [1.165, 1.54) is 25.9 Å². The molecule has 1 aromatic carbocycles. The van der Waals surface area contributed by atoms with Gasteiger partial charge >= 0.3 is 0 Å². The van der Waals surface area contributed by atoms with Crippen molar-refractivity contribution >= 4 is 11.6 Å². The van der Waals surface area contributed by atoms with Crippen molar-refractivity contribution in [1.82, 2.24) is 4.90 Å². The molecule has 0 aliphatic carbocycles. The number of carbonyl (C=O) groups is 1. The van der Waals surface area contributed by atoms with Crippen molar-refractivity contribution in [2.24, 2.45) is 5.92 Å². The molecule has 0 aromatic heterocycles. The van der Waals surface area contributed by atoms with Crippen molar-refractivity contribution in [3.05, 3.63) is 29.8 Å². The molecule has 2 rings (SSSR count). The number of amides is 1. The number of carbonyl (C=O) groups excluding carboxylic acids is 1. The number of likely N-dealkylation sites (tertiary alicyclic amines) is 1. The summed E-state index contributed by atoms with van der Waals surface area (Å²) in [5.41, 5.74) is 1.36. The number of benzene rings is 1. The lowest BCUT2D eigenvalue weighted by Gasteiger charge is -2.15. The van der Waals surface area contributed by atoms with E-state index < -0.39 is 0 Å². The average Bonchev–Trinajstić information content (AvgIpc) is 2.96. The topological polar surface area (TPSA) is 56.1 Å². The number of hydrogen-bond acceptors (Lipinski definition) is 3. The van der Waals surface area contributed by atoms with Crippen molar-refractivity contribution in [1.29, 1.82) is 5.26 Å². The van der Waals surface area contributed by atoms with Crippen LogP contribution in [0.5, 0.6) is 0 Å². The minimum atomic E-state index is 0.0472. The standard InChI is InChI=1S/C17H23N3O/c1-2-14-9-11-20(13-14)10-3-4-17(21)19-16-7-5-15(12-18)6-8-16/h5-8,14H,2-4,9-11,13H2,1H3,(H,19,21). The molecule has 1 aliphatic heterocycles. The lowest BCUT2D eigenvalue weighted by molar-refractivity contribution is -0.116. The molecule has 1 amide bonds. The fourth-order valence-electron chi connectivity index (χ4n) is 2.76. The van der Waals surface area contributed by atoms with Crippen molar-refractivity contribution in [2.75, 3.05) is 25.0 Å². The Labute approximate surface area is 126 Å². The first-order valence-electron chi connectivity index (χ1n) is 7.73. The van der Waals surface area contributed by atoms with E-state index in [0.29, 0.717) is 12.0 Å². The summed E-state index contributed by atoms with van der Waals surface area (Å²) in [5.74, 6) is 0.892. The van der Waals surface area contributed by atoms with Crippen molar-refractivity contribution < 1.29 is 4.79 Å². The molecule has 4 heteroatoms. The molecule has 1 saturated heterocycles. The first-order valence-corrected chi connectivity index (χ1v) is 7.73. The van der Waals surface area contributed by atoms with Crippen molar-refractivity contribution in [3.63, 3.8) is 0 Å². The molecular weight excluding hydrogens is 262 g/mol. The molecule has 1 heterocycles. The molecule has 0 saturated carbocycles. The maximum absolute atomic E-state index is 11.9. The zero-order chi connectivity index (χ0) is 15.1. The highest BCUT2D eigenvalue weighted by molar-refractivity contribution is 5.90. The minimum absolute atomic E-state index is 0.0472. The third-order valence-corrected chi connectivity index (χ3v) is 4.12. The van der Waals surface area contributed by atoms with Crippen molar-refractivity contribution in [3.8, 4) is 6.07 Å². The van der Waals surface area contributed by atoms with Gasteiger partial charge in [0.2, 0.25) is 5.91 Å². The lowest BCUT2D eigenvalue weighted by Crippen LogP contribution is -2.23. The van der Waals surface area contributed by atoms with Crippen LogP contribution in [-0.2, 0) is 4.79 Å². The number of nitriles is 1. The van der Waals surface area contributed by atoms with E-state index in [4.69, 9.17) is 5.26 Å². The SMILES string of the molecule is CCC1CCN(CCCC(=O)Nc2ccc(C#N)cc2)C1.